The van der Waals surface area contributed by atoms with Crippen molar-refractivity contribution in [2.45, 2.75) is 51.2 Å². The molecule has 1 aliphatic carbocycles. The second-order valence-corrected chi connectivity index (χ2v) is 13.0. The average Bonchev–Trinajstić information content (AvgIpc) is 3.37. The molecule has 1 unspecified atom stereocenters. The van der Waals surface area contributed by atoms with Crippen LogP contribution in [0, 0.1) is 6.57 Å². The number of ether oxygens (including phenoxy) is 4. The standard InChI is InChI=1S/C42H39NO5/c1-7-8-21-47-31-16-11-28(12-17-31)42(27-9-14-30(45-5)15-10-27)20-19-33-39-38(32-18-13-29(43-4)23-36(32)41(39,2)3)34-22-26(25-44)37(46-6)24-35(34)40(33)48-42/h9-20,22-24,44H,7-8,21,25H2,1-3,5-6H3. The molecule has 1 atom stereocenters. The van der Waals surface area contributed by atoms with E-state index in [1.807, 2.05) is 60.7 Å². The molecule has 0 bridgehead atoms. The summed E-state index contributed by atoms with van der Waals surface area (Å²) in [5.41, 5.74) is 7.21. The van der Waals surface area contributed by atoms with E-state index >= 15 is 0 Å². The van der Waals surface area contributed by atoms with E-state index in [9.17, 15) is 5.11 Å². The number of aliphatic hydroxyl groups excluding tert-OH is 1. The Balaban J connectivity index is 1.50. The van der Waals surface area contributed by atoms with E-state index in [0.29, 0.717) is 23.6 Å². The maximum Gasteiger partial charge on any atom is 0.187 e. The summed E-state index contributed by atoms with van der Waals surface area (Å²) in [4.78, 5) is 3.75. The summed E-state index contributed by atoms with van der Waals surface area (Å²) in [7, 11) is 3.29. The number of fused-ring (bicyclic) bond motifs is 8. The molecule has 7 rings (SSSR count). The van der Waals surface area contributed by atoms with Gasteiger partial charge in [-0.25, -0.2) is 4.85 Å². The zero-order chi connectivity index (χ0) is 33.6. The Bertz CT molecular complexity index is 2100. The molecule has 0 fully saturated rings. The number of unbranched alkanes of at least 4 members (excludes halogenated alkanes) is 1. The van der Waals surface area contributed by atoms with Crippen molar-refractivity contribution in [1.82, 2.24) is 0 Å². The first-order valence-electron chi connectivity index (χ1n) is 16.4. The van der Waals surface area contributed by atoms with Crippen LogP contribution in [-0.4, -0.2) is 25.9 Å². The summed E-state index contributed by atoms with van der Waals surface area (Å²) in [6.07, 6.45) is 6.42. The van der Waals surface area contributed by atoms with Gasteiger partial charge in [0.05, 0.1) is 34.0 Å². The lowest BCUT2D eigenvalue weighted by atomic mass is 9.76. The molecule has 0 saturated heterocycles. The highest BCUT2D eigenvalue weighted by molar-refractivity contribution is 6.09. The fraction of sp³-hybridized carbons (Fsp3) is 0.262. The van der Waals surface area contributed by atoms with Crippen LogP contribution in [0.2, 0.25) is 0 Å². The highest BCUT2D eigenvalue weighted by atomic mass is 16.5. The molecule has 6 nitrogen and oxygen atoms in total. The molecule has 0 spiro atoms. The van der Waals surface area contributed by atoms with Crippen molar-refractivity contribution in [3.63, 3.8) is 0 Å². The van der Waals surface area contributed by atoms with E-state index < -0.39 is 11.0 Å². The smallest absolute Gasteiger partial charge is 0.187 e. The summed E-state index contributed by atoms with van der Waals surface area (Å²) in [5, 5.41) is 12.3. The second kappa shape index (κ2) is 12.1. The number of methoxy groups -OCH3 is 2. The van der Waals surface area contributed by atoms with Gasteiger partial charge in [0.1, 0.15) is 23.0 Å². The molecule has 6 heteroatoms. The molecule has 1 aliphatic heterocycles. The Morgan fingerprint density at radius 1 is 0.854 bits per heavy atom. The highest BCUT2D eigenvalue weighted by Gasteiger charge is 2.44. The van der Waals surface area contributed by atoms with E-state index in [1.165, 1.54) is 0 Å². The molecule has 2 aliphatic rings. The van der Waals surface area contributed by atoms with Gasteiger partial charge in [0, 0.05) is 33.1 Å². The Morgan fingerprint density at radius 3 is 2.19 bits per heavy atom. The Labute approximate surface area is 282 Å². The number of rotatable bonds is 9. The molecule has 0 amide bonds. The maximum absolute atomic E-state index is 10.4. The number of nitrogens with zero attached hydrogens (tertiary/aromatic N) is 1. The van der Waals surface area contributed by atoms with Gasteiger partial charge in [-0.2, -0.15) is 0 Å². The lowest BCUT2D eigenvalue weighted by Crippen LogP contribution is -2.35. The third-order valence-electron chi connectivity index (χ3n) is 9.89. The van der Waals surface area contributed by atoms with Crippen LogP contribution in [0.15, 0.2) is 84.9 Å². The zero-order valence-corrected chi connectivity index (χ0v) is 28.0. The van der Waals surface area contributed by atoms with Crippen LogP contribution in [0.5, 0.6) is 23.0 Å². The predicted molar refractivity (Wildman–Crippen MR) is 191 cm³/mol. The van der Waals surface area contributed by atoms with Crippen molar-refractivity contribution in [3.8, 4) is 34.1 Å². The summed E-state index contributed by atoms with van der Waals surface area (Å²) < 4.78 is 24.7. The van der Waals surface area contributed by atoms with E-state index in [-0.39, 0.29) is 6.61 Å². The van der Waals surface area contributed by atoms with Crippen LogP contribution in [0.1, 0.15) is 67.0 Å². The normalized spacial score (nSPS) is 16.8. The van der Waals surface area contributed by atoms with Gasteiger partial charge >= 0.3 is 0 Å². The molecule has 1 heterocycles. The summed E-state index contributed by atoms with van der Waals surface area (Å²) in [6, 6.07) is 26.1. The first-order valence-corrected chi connectivity index (χ1v) is 16.4. The molecular formula is C42H39NO5. The van der Waals surface area contributed by atoms with Crippen molar-refractivity contribution >= 4 is 22.5 Å². The Morgan fingerprint density at radius 2 is 1.56 bits per heavy atom. The third kappa shape index (κ3) is 4.81. The molecule has 0 saturated carbocycles. The minimum atomic E-state index is -0.974. The topological polar surface area (TPSA) is 61.5 Å². The molecule has 1 N–H and O–H groups in total. The SMILES string of the molecule is [C-]#[N+]c1ccc2c(c1)C(C)(C)c1c3c(c4cc(OC)c(CO)cc4c1-2)OC(c1ccc(OC)cc1)(c1ccc(OCCCC)cc1)C=C3. The fourth-order valence-electron chi connectivity index (χ4n) is 7.37. The van der Waals surface area contributed by atoms with E-state index in [4.69, 9.17) is 25.5 Å². The van der Waals surface area contributed by atoms with Crippen LogP contribution in [0.4, 0.5) is 5.69 Å². The minimum Gasteiger partial charge on any atom is -0.497 e. The maximum atomic E-state index is 10.4. The molecule has 242 valence electrons. The lowest BCUT2D eigenvalue weighted by molar-refractivity contribution is 0.163. The second-order valence-electron chi connectivity index (χ2n) is 13.0. The number of benzene rings is 5. The van der Waals surface area contributed by atoms with Crippen molar-refractivity contribution in [2.75, 3.05) is 20.8 Å². The van der Waals surface area contributed by atoms with Crippen LogP contribution >= 0.6 is 0 Å². The number of hydrogen-bond acceptors (Lipinski definition) is 5. The van der Waals surface area contributed by atoms with Gasteiger partial charge < -0.3 is 24.1 Å². The molecule has 0 radical (unpaired) electrons. The first-order chi connectivity index (χ1) is 23.3. The number of aliphatic hydroxyl groups is 1. The van der Waals surface area contributed by atoms with Crippen LogP contribution in [-0.2, 0) is 17.6 Å². The summed E-state index contributed by atoms with van der Waals surface area (Å²) in [6.45, 7) is 14.8. The van der Waals surface area contributed by atoms with Crippen molar-refractivity contribution in [1.29, 1.82) is 0 Å². The molecule has 0 aromatic heterocycles. The van der Waals surface area contributed by atoms with E-state index in [1.54, 1.807) is 14.2 Å². The van der Waals surface area contributed by atoms with Crippen LogP contribution in [0.25, 0.3) is 32.8 Å². The lowest BCUT2D eigenvalue weighted by Gasteiger charge is -2.38. The average molecular weight is 638 g/mol. The van der Waals surface area contributed by atoms with E-state index in [0.717, 1.165) is 79.8 Å². The van der Waals surface area contributed by atoms with Crippen LogP contribution < -0.4 is 18.9 Å². The summed E-state index contributed by atoms with van der Waals surface area (Å²) >= 11 is 0. The van der Waals surface area contributed by atoms with Crippen molar-refractivity contribution in [3.05, 3.63) is 130 Å². The summed E-state index contributed by atoms with van der Waals surface area (Å²) in [5.74, 6) is 2.91. The largest absolute Gasteiger partial charge is 0.497 e. The molecule has 5 aromatic carbocycles. The predicted octanol–water partition coefficient (Wildman–Crippen LogP) is 9.73. The van der Waals surface area contributed by atoms with Gasteiger partial charge in [0.15, 0.2) is 11.3 Å². The fourth-order valence-corrected chi connectivity index (χ4v) is 7.37. The zero-order valence-electron chi connectivity index (χ0n) is 28.0. The van der Waals surface area contributed by atoms with Gasteiger partial charge in [0.2, 0.25) is 0 Å². The Hall–Kier alpha value is -5.25. The quantitative estimate of drug-likeness (QED) is 0.129. The molecule has 48 heavy (non-hydrogen) atoms. The van der Waals surface area contributed by atoms with Crippen molar-refractivity contribution < 1.29 is 24.1 Å². The monoisotopic (exact) mass is 637 g/mol. The highest BCUT2D eigenvalue weighted by Crippen LogP contribution is 2.59. The van der Waals surface area contributed by atoms with E-state index in [2.05, 4.69) is 56.0 Å². The van der Waals surface area contributed by atoms with Gasteiger partial charge in [-0.05, 0) is 76.5 Å². The van der Waals surface area contributed by atoms with Gasteiger partial charge in [-0.3, -0.25) is 0 Å². The van der Waals surface area contributed by atoms with Gasteiger partial charge in [-0.15, -0.1) is 0 Å². The number of hydrogen-bond donors (Lipinski definition) is 1. The van der Waals surface area contributed by atoms with Gasteiger partial charge in [0.25, 0.3) is 0 Å². The van der Waals surface area contributed by atoms with Gasteiger partial charge in [-0.1, -0.05) is 75.7 Å². The molecule has 5 aromatic rings. The molecular weight excluding hydrogens is 598 g/mol. The van der Waals surface area contributed by atoms with Crippen molar-refractivity contribution in [2.24, 2.45) is 0 Å². The van der Waals surface area contributed by atoms with Crippen LogP contribution in [0.3, 0.4) is 0 Å². The Kier molecular flexibility index (Phi) is 7.89. The minimum absolute atomic E-state index is 0.166. The third-order valence-corrected chi connectivity index (χ3v) is 9.89. The first kappa shape index (κ1) is 31.4.